The van der Waals surface area contributed by atoms with Gasteiger partial charge < -0.3 is 0 Å². The Kier molecular flexibility index (Phi) is 3.41. The maximum absolute atomic E-state index is 2.41. The number of hydrogen-bond donors (Lipinski definition) is 0. The molecule has 0 unspecified atom stereocenters. The van der Waals surface area contributed by atoms with Gasteiger partial charge in [0.05, 0.1) is 0 Å². The Balaban J connectivity index is 2.18. The second-order valence-corrected chi connectivity index (χ2v) is 10.1. The van der Waals surface area contributed by atoms with Crippen LogP contribution in [0, 0.1) is 0 Å². The van der Waals surface area contributed by atoms with Gasteiger partial charge in [0.1, 0.15) is 8.07 Å². The minimum absolute atomic E-state index is 1.29. The van der Waals surface area contributed by atoms with Crippen molar-refractivity contribution in [2.75, 3.05) is 0 Å². The molecular formula is C14H16SSi. The fourth-order valence-corrected chi connectivity index (χ4v) is 4.98. The minimum Gasteiger partial charge on any atom is -0.153 e. The molecule has 1 heterocycles. The molecular weight excluding hydrogens is 228 g/mol. The van der Waals surface area contributed by atoms with Gasteiger partial charge in [-0.1, -0.05) is 67.3 Å². The molecule has 0 aliphatic carbocycles. The van der Waals surface area contributed by atoms with Gasteiger partial charge in [-0.2, -0.15) is 11.3 Å². The van der Waals surface area contributed by atoms with Gasteiger partial charge in [-0.15, -0.1) is 0 Å². The topological polar surface area (TPSA) is 0 Å². The van der Waals surface area contributed by atoms with Gasteiger partial charge in [-0.3, -0.25) is 0 Å². The molecule has 16 heavy (non-hydrogen) atoms. The van der Waals surface area contributed by atoms with Crippen LogP contribution >= 0.6 is 11.3 Å². The number of rotatable bonds is 3. The van der Waals surface area contributed by atoms with Crippen LogP contribution < -0.4 is 4.50 Å². The van der Waals surface area contributed by atoms with Crippen molar-refractivity contribution < 1.29 is 0 Å². The van der Waals surface area contributed by atoms with E-state index in [2.05, 4.69) is 72.7 Å². The fraction of sp³-hybridized carbons (Fsp3) is 0.143. The van der Waals surface area contributed by atoms with Crippen LogP contribution in [0.5, 0.6) is 0 Å². The average molecular weight is 244 g/mol. The number of hydrogen-bond acceptors (Lipinski definition) is 1. The molecule has 0 fully saturated rings. The summed E-state index contributed by atoms with van der Waals surface area (Å²) in [6.07, 6.45) is 2.26. The van der Waals surface area contributed by atoms with Crippen LogP contribution in [-0.4, -0.2) is 8.07 Å². The summed E-state index contributed by atoms with van der Waals surface area (Å²) in [5.41, 5.74) is 3.70. The Morgan fingerprint density at radius 2 is 1.75 bits per heavy atom. The molecule has 0 N–H and O–H groups in total. The maximum Gasteiger partial charge on any atom is 0.117 e. The van der Waals surface area contributed by atoms with Crippen LogP contribution in [0.25, 0.3) is 6.08 Å². The summed E-state index contributed by atoms with van der Waals surface area (Å²) in [6.45, 7) is 4.77. The molecule has 0 spiro atoms. The maximum atomic E-state index is 2.41. The fourth-order valence-electron chi connectivity index (χ4n) is 1.60. The summed E-state index contributed by atoms with van der Waals surface area (Å²) in [5, 5.41) is 2.17. The lowest BCUT2D eigenvalue weighted by atomic mass is 10.2. The molecule has 2 aromatic rings. The highest BCUT2D eigenvalue weighted by atomic mass is 32.1. The van der Waals surface area contributed by atoms with Crippen LogP contribution in [0.15, 0.2) is 53.5 Å². The van der Waals surface area contributed by atoms with Crippen molar-refractivity contribution in [1.29, 1.82) is 0 Å². The summed E-state index contributed by atoms with van der Waals surface area (Å²) >= 11 is 1.88. The van der Waals surface area contributed by atoms with Crippen LogP contribution in [-0.2, 0) is 0 Å². The van der Waals surface area contributed by atoms with Gasteiger partial charge >= 0.3 is 0 Å². The molecule has 2 rings (SSSR count). The molecule has 0 saturated heterocycles. The van der Waals surface area contributed by atoms with Crippen LogP contribution in [0.2, 0.25) is 13.1 Å². The van der Waals surface area contributed by atoms with Gasteiger partial charge in [-0.25, -0.2) is 0 Å². The highest BCUT2D eigenvalue weighted by Gasteiger charge is 2.20. The highest BCUT2D eigenvalue weighted by Crippen LogP contribution is 2.12. The van der Waals surface area contributed by atoms with E-state index in [9.17, 15) is 0 Å². The lowest BCUT2D eigenvalue weighted by Gasteiger charge is -2.15. The van der Waals surface area contributed by atoms with E-state index in [1.807, 2.05) is 11.3 Å². The van der Waals surface area contributed by atoms with Crippen LogP contribution in [0.4, 0.5) is 0 Å². The summed E-state index contributed by atoms with van der Waals surface area (Å²) in [7, 11) is -1.37. The van der Waals surface area contributed by atoms with E-state index in [1.165, 1.54) is 5.56 Å². The number of benzene rings is 1. The SMILES string of the molecule is C[Si](C)(/C=C/c1ccccc1)c1cccs1. The zero-order valence-corrected chi connectivity index (χ0v) is 11.5. The highest BCUT2D eigenvalue weighted by molar-refractivity contribution is 7.26. The molecule has 0 atom stereocenters. The van der Waals surface area contributed by atoms with E-state index in [-0.39, 0.29) is 0 Å². The van der Waals surface area contributed by atoms with E-state index >= 15 is 0 Å². The van der Waals surface area contributed by atoms with Crippen LogP contribution in [0.1, 0.15) is 5.56 Å². The van der Waals surface area contributed by atoms with E-state index in [0.29, 0.717) is 0 Å². The third-order valence-electron chi connectivity index (χ3n) is 2.65. The second kappa shape index (κ2) is 4.81. The quantitative estimate of drug-likeness (QED) is 0.718. The summed E-state index contributed by atoms with van der Waals surface area (Å²) in [5.74, 6) is 0. The molecule has 2 heteroatoms. The Bertz CT molecular complexity index is 455. The molecule has 0 radical (unpaired) electrons. The van der Waals surface area contributed by atoms with Crippen LogP contribution in [0.3, 0.4) is 0 Å². The van der Waals surface area contributed by atoms with Crippen molar-refractivity contribution >= 4 is 30.0 Å². The van der Waals surface area contributed by atoms with Gasteiger partial charge in [0, 0.05) is 0 Å². The molecule has 82 valence electrons. The molecule has 0 nitrogen and oxygen atoms in total. The molecule has 0 aliphatic heterocycles. The molecule has 1 aromatic carbocycles. The Labute approximate surface area is 102 Å². The van der Waals surface area contributed by atoms with Crippen molar-refractivity contribution in [2.45, 2.75) is 13.1 Å². The third kappa shape index (κ3) is 2.71. The molecule has 1 aromatic heterocycles. The van der Waals surface area contributed by atoms with E-state index in [4.69, 9.17) is 0 Å². The van der Waals surface area contributed by atoms with Gasteiger partial charge in [0.2, 0.25) is 0 Å². The van der Waals surface area contributed by atoms with Gasteiger partial charge in [0.15, 0.2) is 0 Å². The minimum atomic E-state index is -1.37. The molecule has 0 bridgehead atoms. The largest absolute Gasteiger partial charge is 0.153 e. The summed E-state index contributed by atoms with van der Waals surface area (Å²) in [4.78, 5) is 0. The predicted molar refractivity (Wildman–Crippen MR) is 76.9 cm³/mol. The van der Waals surface area contributed by atoms with E-state index in [0.717, 1.165) is 0 Å². The predicted octanol–water partition coefficient (Wildman–Crippen LogP) is 3.92. The van der Waals surface area contributed by atoms with E-state index < -0.39 is 8.07 Å². The number of thiophene rings is 1. The lowest BCUT2D eigenvalue weighted by Crippen LogP contribution is -2.36. The Morgan fingerprint density at radius 3 is 2.38 bits per heavy atom. The molecule has 0 saturated carbocycles. The van der Waals surface area contributed by atoms with Crippen molar-refractivity contribution in [1.82, 2.24) is 0 Å². The first kappa shape index (κ1) is 11.4. The smallest absolute Gasteiger partial charge is 0.117 e. The van der Waals surface area contributed by atoms with E-state index in [1.54, 1.807) is 4.50 Å². The molecule has 0 amide bonds. The second-order valence-electron chi connectivity index (χ2n) is 4.44. The first-order valence-corrected chi connectivity index (χ1v) is 9.42. The first-order chi connectivity index (χ1) is 7.68. The third-order valence-corrected chi connectivity index (χ3v) is 7.70. The molecule has 0 aliphatic rings. The Hall–Kier alpha value is -1.12. The zero-order chi connectivity index (χ0) is 11.4. The monoisotopic (exact) mass is 244 g/mol. The summed E-state index contributed by atoms with van der Waals surface area (Å²) in [6, 6.07) is 14.9. The van der Waals surface area contributed by atoms with Crippen molar-refractivity contribution in [3.63, 3.8) is 0 Å². The van der Waals surface area contributed by atoms with Crippen molar-refractivity contribution in [3.05, 3.63) is 59.1 Å². The first-order valence-electron chi connectivity index (χ1n) is 5.47. The van der Waals surface area contributed by atoms with Crippen molar-refractivity contribution in [3.8, 4) is 0 Å². The van der Waals surface area contributed by atoms with Gasteiger partial charge in [0.25, 0.3) is 0 Å². The van der Waals surface area contributed by atoms with Crippen molar-refractivity contribution in [2.24, 2.45) is 0 Å². The van der Waals surface area contributed by atoms with Gasteiger partial charge in [-0.05, 0) is 15.4 Å². The lowest BCUT2D eigenvalue weighted by molar-refractivity contribution is 1.66. The summed E-state index contributed by atoms with van der Waals surface area (Å²) < 4.78 is 1.54. The normalized spacial score (nSPS) is 12.1. The Morgan fingerprint density at radius 1 is 1.00 bits per heavy atom. The standard InChI is InChI=1S/C14H16SSi/c1-16(2,14-9-6-11-15-14)12-10-13-7-4-3-5-8-13/h3-12H,1-2H3/b12-10+. The zero-order valence-electron chi connectivity index (χ0n) is 9.68. The average Bonchev–Trinajstić information content (AvgIpc) is 2.82.